The molecule has 0 unspecified atom stereocenters. The number of hydrogen-bond donors (Lipinski definition) is 2. The molecular weight excluding hydrogens is 304 g/mol. The highest BCUT2D eigenvalue weighted by Crippen LogP contribution is 2.29. The van der Waals surface area contributed by atoms with E-state index < -0.39 is 10.0 Å². The molecule has 0 spiro atoms. The molecule has 0 bridgehead atoms. The molecule has 0 atom stereocenters. The van der Waals surface area contributed by atoms with E-state index in [0.717, 1.165) is 0 Å². The Hall–Kier alpha value is -1.70. The Morgan fingerprint density at radius 1 is 1.35 bits per heavy atom. The zero-order chi connectivity index (χ0) is 14.8. The third-order valence-electron chi connectivity index (χ3n) is 2.52. The van der Waals surface area contributed by atoms with Crippen LogP contribution >= 0.6 is 11.6 Å². The summed E-state index contributed by atoms with van der Waals surface area (Å²) < 4.78 is 36.8. The van der Waals surface area contributed by atoms with E-state index in [1.54, 1.807) is 6.07 Å². The second-order valence-corrected chi connectivity index (χ2v) is 5.90. The molecule has 8 heteroatoms. The van der Waals surface area contributed by atoms with Gasteiger partial charge in [0, 0.05) is 6.07 Å². The molecule has 1 aromatic carbocycles. The van der Waals surface area contributed by atoms with E-state index in [1.807, 2.05) is 0 Å². The fourth-order valence-corrected chi connectivity index (χ4v) is 2.76. The van der Waals surface area contributed by atoms with Crippen molar-refractivity contribution in [3.05, 3.63) is 41.1 Å². The molecule has 3 N–H and O–H groups in total. The van der Waals surface area contributed by atoms with Gasteiger partial charge in [-0.15, -0.1) is 0 Å². The van der Waals surface area contributed by atoms with Crippen molar-refractivity contribution in [1.82, 2.24) is 0 Å². The van der Waals surface area contributed by atoms with Gasteiger partial charge in [0.1, 0.15) is 11.5 Å². The van der Waals surface area contributed by atoms with Gasteiger partial charge in [0.05, 0.1) is 24.4 Å². The topological polar surface area (TPSA) is 94.6 Å². The quantitative estimate of drug-likeness (QED) is 0.881. The van der Waals surface area contributed by atoms with E-state index >= 15 is 0 Å². The van der Waals surface area contributed by atoms with Crippen LogP contribution in [0.15, 0.2) is 39.8 Å². The molecule has 0 aliphatic carbocycles. The van der Waals surface area contributed by atoms with E-state index in [-0.39, 0.29) is 22.3 Å². The van der Waals surface area contributed by atoms with Crippen molar-refractivity contribution in [2.24, 2.45) is 5.73 Å². The number of rotatable bonds is 5. The van der Waals surface area contributed by atoms with Crippen molar-refractivity contribution in [2.75, 3.05) is 11.8 Å². The fraction of sp³-hybridized carbons (Fsp3) is 0.167. The van der Waals surface area contributed by atoms with Crippen LogP contribution in [0.4, 0.5) is 5.69 Å². The second kappa shape index (κ2) is 5.74. The monoisotopic (exact) mass is 316 g/mol. The number of furan rings is 1. The van der Waals surface area contributed by atoms with Crippen LogP contribution in [-0.2, 0) is 16.6 Å². The highest BCUT2D eigenvalue weighted by Gasteiger charge is 2.20. The first kappa shape index (κ1) is 14.7. The van der Waals surface area contributed by atoms with E-state index in [4.69, 9.17) is 26.5 Å². The van der Waals surface area contributed by atoms with Gasteiger partial charge >= 0.3 is 0 Å². The van der Waals surface area contributed by atoms with Crippen LogP contribution < -0.4 is 15.2 Å². The molecule has 108 valence electrons. The minimum Gasteiger partial charge on any atom is -0.497 e. The highest BCUT2D eigenvalue weighted by atomic mass is 35.5. The van der Waals surface area contributed by atoms with Gasteiger partial charge in [-0.3, -0.25) is 4.72 Å². The number of nitrogens with one attached hydrogen (secondary N) is 1. The van der Waals surface area contributed by atoms with E-state index in [9.17, 15) is 8.42 Å². The number of methoxy groups -OCH3 is 1. The molecule has 0 radical (unpaired) electrons. The lowest BCUT2D eigenvalue weighted by Crippen LogP contribution is -2.12. The molecule has 0 saturated heterocycles. The minimum absolute atomic E-state index is 0.120. The number of benzene rings is 1. The summed E-state index contributed by atoms with van der Waals surface area (Å²) >= 11 is 5.95. The molecule has 0 saturated carbocycles. The number of ether oxygens (including phenoxy) is 1. The standard InChI is InChI=1S/C12H13ClN2O4S/c1-18-8-2-4-10(13)11(6-8)15-20(16,17)12-5-3-9(7-14)19-12/h2-6,15H,7,14H2,1H3. The second-order valence-electron chi connectivity index (χ2n) is 3.88. The van der Waals surface area contributed by atoms with E-state index in [2.05, 4.69) is 4.72 Å². The Morgan fingerprint density at radius 3 is 2.70 bits per heavy atom. The molecule has 0 fully saturated rings. The zero-order valence-electron chi connectivity index (χ0n) is 10.6. The number of nitrogens with two attached hydrogens (primary N) is 1. The van der Waals surface area contributed by atoms with Gasteiger partial charge in [0.15, 0.2) is 0 Å². The van der Waals surface area contributed by atoms with Crippen LogP contribution in [-0.4, -0.2) is 15.5 Å². The maximum atomic E-state index is 12.1. The summed E-state index contributed by atoms with van der Waals surface area (Å²) in [6.07, 6.45) is 0. The number of halogens is 1. The molecule has 2 rings (SSSR count). The Balaban J connectivity index is 2.32. The minimum atomic E-state index is -3.86. The number of hydrogen-bond acceptors (Lipinski definition) is 5. The van der Waals surface area contributed by atoms with E-state index in [0.29, 0.717) is 11.5 Å². The first-order chi connectivity index (χ1) is 9.46. The molecule has 1 aromatic heterocycles. The molecule has 0 aliphatic rings. The van der Waals surface area contributed by atoms with Crippen molar-refractivity contribution < 1.29 is 17.6 Å². The Bertz CT molecular complexity index is 712. The van der Waals surface area contributed by atoms with Crippen LogP contribution in [0.2, 0.25) is 5.02 Å². The smallest absolute Gasteiger partial charge is 0.295 e. The largest absolute Gasteiger partial charge is 0.497 e. The van der Waals surface area contributed by atoms with Crippen molar-refractivity contribution in [2.45, 2.75) is 11.6 Å². The van der Waals surface area contributed by atoms with Gasteiger partial charge in [-0.1, -0.05) is 11.6 Å². The number of anilines is 1. The van der Waals surface area contributed by atoms with Crippen LogP contribution in [0.3, 0.4) is 0 Å². The van der Waals surface area contributed by atoms with Crippen molar-refractivity contribution in [3.8, 4) is 5.75 Å². The number of sulfonamides is 1. The lowest BCUT2D eigenvalue weighted by molar-refractivity contribution is 0.414. The third-order valence-corrected chi connectivity index (χ3v) is 4.09. The Labute approximate surface area is 121 Å². The fourth-order valence-electron chi connectivity index (χ4n) is 1.52. The lowest BCUT2D eigenvalue weighted by atomic mass is 10.3. The molecule has 20 heavy (non-hydrogen) atoms. The summed E-state index contributed by atoms with van der Waals surface area (Å²) in [6.45, 7) is 0.120. The highest BCUT2D eigenvalue weighted by molar-refractivity contribution is 7.92. The molecule has 6 nitrogen and oxygen atoms in total. The molecule has 2 aromatic rings. The normalized spacial score (nSPS) is 11.3. The van der Waals surface area contributed by atoms with Gasteiger partial charge in [0.2, 0.25) is 5.09 Å². The van der Waals surface area contributed by atoms with Crippen LogP contribution in [0.1, 0.15) is 5.76 Å². The van der Waals surface area contributed by atoms with E-state index in [1.165, 1.54) is 31.4 Å². The third kappa shape index (κ3) is 3.06. The van der Waals surface area contributed by atoms with Crippen molar-refractivity contribution in [3.63, 3.8) is 0 Å². The molecular formula is C12H13ClN2O4S. The average Bonchev–Trinajstić information content (AvgIpc) is 2.91. The molecule has 1 heterocycles. The summed E-state index contributed by atoms with van der Waals surface area (Å²) in [5.41, 5.74) is 5.58. The Kier molecular flexibility index (Phi) is 4.22. The first-order valence-electron chi connectivity index (χ1n) is 5.61. The average molecular weight is 317 g/mol. The van der Waals surface area contributed by atoms with Gasteiger partial charge in [-0.05, 0) is 24.3 Å². The summed E-state index contributed by atoms with van der Waals surface area (Å²) in [6, 6.07) is 7.47. The lowest BCUT2D eigenvalue weighted by Gasteiger charge is -2.09. The summed E-state index contributed by atoms with van der Waals surface area (Å²) in [4.78, 5) is 0. The van der Waals surface area contributed by atoms with Gasteiger partial charge < -0.3 is 14.9 Å². The maximum absolute atomic E-state index is 12.1. The first-order valence-corrected chi connectivity index (χ1v) is 7.47. The zero-order valence-corrected chi connectivity index (χ0v) is 12.2. The molecule has 0 aliphatic heterocycles. The predicted octanol–water partition coefficient (Wildman–Crippen LogP) is 2.20. The predicted molar refractivity (Wildman–Crippen MR) is 75.4 cm³/mol. The van der Waals surface area contributed by atoms with Crippen molar-refractivity contribution in [1.29, 1.82) is 0 Å². The van der Waals surface area contributed by atoms with Gasteiger partial charge in [-0.25, -0.2) is 0 Å². The van der Waals surface area contributed by atoms with Gasteiger partial charge in [0.25, 0.3) is 10.0 Å². The van der Waals surface area contributed by atoms with Crippen LogP contribution in [0.5, 0.6) is 5.75 Å². The summed E-state index contributed by atoms with van der Waals surface area (Å²) in [5, 5.41) is 0.0248. The molecule has 0 amide bonds. The summed E-state index contributed by atoms with van der Waals surface area (Å²) in [7, 11) is -2.39. The van der Waals surface area contributed by atoms with Crippen molar-refractivity contribution >= 4 is 27.3 Å². The van der Waals surface area contributed by atoms with Gasteiger partial charge in [-0.2, -0.15) is 8.42 Å². The van der Waals surface area contributed by atoms with Crippen LogP contribution in [0, 0.1) is 0 Å². The Morgan fingerprint density at radius 2 is 2.10 bits per heavy atom. The maximum Gasteiger partial charge on any atom is 0.295 e. The SMILES string of the molecule is COc1ccc(Cl)c(NS(=O)(=O)c2ccc(CN)o2)c1. The summed E-state index contributed by atoms with van der Waals surface area (Å²) in [5.74, 6) is 0.858. The van der Waals surface area contributed by atoms with Crippen LogP contribution in [0.25, 0.3) is 0 Å².